The fourth-order valence-electron chi connectivity index (χ4n) is 1.42. The van der Waals surface area contributed by atoms with Crippen LogP contribution in [0, 0.1) is 13.8 Å². The summed E-state index contributed by atoms with van der Waals surface area (Å²) in [6, 6.07) is 1.94. The summed E-state index contributed by atoms with van der Waals surface area (Å²) < 4.78 is 0.820. The van der Waals surface area contributed by atoms with Crippen LogP contribution in [0.3, 0.4) is 0 Å². The molecule has 0 spiro atoms. The van der Waals surface area contributed by atoms with Crippen LogP contribution in [0.4, 0.5) is 5.82 Å². The van der Waals surface area contributed by atoms with Crippen molar-refractivity contribution in [2.45, 2.75) is 24.0 Å². The molecule has 7 heteroatoms. The maximum absolute atomic E-state index is 4.38. The van der Waals surface area contributed by atoms with Gasteiger partial charge in [-0.15, -0.1) is 0 Å². The molecule has 18 heavy (non-hydrogen) atoms. The molecule has 0 saturated carbocycles. The summed E-state index contributed by atoms with van der Waals surface area (Å²) >= 11 is 4.88. The molecule has 0 fully saturated rings. The summed E-state index contributed by atoms with van der Waals surface area (Å²) in [5.74, 6) is 0.747. The predicted octanol–water partition coefficient (Wildman–Crippen LogP) is 2.84. The first kappa shape index (κ1) is 13.2. The summed E-state index contributed by atoms with van der Waals surface area (Å²) in [5.41, 5.74) is 1.90. The third-order valence-corrected chi connectivity index (χ3v) is 4.03. The number of nitrogens with one attached hydrogen (secondary N) is 1. The van der Waals surface area contributed by atoms with E-state index in [0.717, 1.165) is 26.7 Å². The largest absolute Gasteiger partial charge is 0.372 e. The van der Waals surface area contributed by atoms with Gasteiger partial charge >= 0.3 is 0 Å². The average molecular weight is 326 g/mol. The van der Waals surface area contributed by atoms with Crippen LogP contribution in [-0.4, -0.2) is 27.0 Å². The summed E-state index contributed by atoms with van der Waals surface area (Å²) in [7, 11) is 1.81. The lowest BCUT2D eigenvalue weighted by molar-refractivity contribution is 0.896. The first-order chi connectivity index (χ1) is 8.60. The molecule has 94 valence electrons. The number of anilines is 1. The normalized spacial score (nSPS) is 10.4. The van der Waals surface area contributed by atoms with Crippen molar-refractivity contribution in [3.05, 3.63) is 28.3 Å². The lowest BCUT2D eigenvalue weighted by Gasteiger charge is -2.06. The van der Waals surface area contributed by atoms with Crippen molar-refractivity contribution in [2.24, 2.45) is 0 Å². The molecule has 0 radical (unpaired) electrons. The Labute approximate surface area is 118 Å². The van der Waals surface area contributed by atoms with Crippen molar-refractivity contribution in [2.75, 3.05) is 12.4 Å². The number of aryl methyl sites for hydroxylation is 2. The predicted molar refractivity (Wildman–Crippen MR) is 74.9 cm³/mol. The number of aromatic nitrogens is 4. The van der Waals surface area contributed by atoms with Crippen LogP contribution in [0.2, 0.25) is 0 Å². The molecule has 0 atom stereocenters. The maximum Gasteiger partial charge on any atom is 0.194 e. The quantitative estimate of drug-likeness (QED) is 0.691. The van der Waals surface area contributed by atoms with Crippen LogP contribution in [-0.2, 0) is 0 Å². The van der Waals surface area contributed by atoms with Gasteiger partial charge < -0.3 is 5.32 Å². The number of halogens is 1. The molecule has 0 aliphatic rings. The van der Waals surface area contributed by atoms with E-state index < -0.39 is 0 Å². The molecule has 0 amide bonds. The Balaban J connectivity index is 2.34. The molecule has 0 bridgehead atoms. The lowest BCUT2D eigenvalue weighted by atomic mass is 10.4. The summed E-state index contributed by atoms with van der Waals surface area (Å²) in [6.45, 7) is 3.90. The number of hydrogen-bond donors (Lipinski definition) is 1. The van der Waals surface area contributed by atoms with Gasteiger partial charge in [0.15, 0.2) is 5.16 Å². The number of hydrogen-bond acceptors (Lipinski definition) is 6. The third kappa shape index (κ3) is 2.97. The van der Waals surface area contributed by atoms with Gasteiger partial charge in [-0.2, -0.15) is 0 Å². The van der Waals surface area contributed by atoms with E-state index in [4.69, 9.17) is 0 Å². The third-order valence-electron chi connectivity index (χ3n) is 2.14. The highest BCUT2D eigenvalue weighted by Gasteiger charge is 2.11. The van der Waals surface area contributed by atoms with Crippen LogP contribution in [0.25, 0.3) is 0 Å². The highest BCUT2D eigenvalue weighted by atomic mass is 79.9. The minimum atomic E-state index is 0.689. The molecule has 1 N–H and O–H groups in total. The molecule has 2 heterocycles. The number of nitrogens with zero attached hydrogens (tertiary/aromatic N) is 4. The maximum atomic E-state index is 4.38. The fraction of sp³-hybridized carbons (Fsp3) is 0.273. The standard InChI is InChI=1S/C11H12BrN5S/c1-6-4-7(2)17-11(16-6)18-10-8(12)9(13-3)14-5-15-10/h4-5H,1-3H3,(H,13,14,15). The van der Waals surface area contributed by atoms with E-state index in [-0.39, 0.29) is 0 Å². The first-order valence-corrected chi connectivity index (χ1v) is 6.89. The zero-order valence-corrected chi connectivity index (χ0v) is 12.6. The first-order valence-electron chi connectivity index (χ1n) is 5.28. The SMILES string of the molecule is CNc1ncnc(Sc2nc(C)cc(C)n2)c1Br. The van der Waals surface area contributed by atoms with Crippen LogP contribution in [0.5, 0.6) is 0 Å². The zero-order valence-electron chi connectivity index (χ0n) is 10.2. The van der Waals surface area contributed by atoms with Gasteiger partial charge in [-0.3, -0.25) is 0 Å². The molecule has 2 rings (SSSR count). The summed E-state index contributed by atoms with van der Waals surface area (Å²) in [6.07, 6.45) is 1.52. The van der Waals surface area contributed by atoms with E-state index in [0.29, 0.717) is 5.16 Å². The molecule has 0 aromatic carbocycles. The second kappa shape index (κ2) is 5.62. The Kier molecular flexibility index (Phi) is 4.13. The molecule has 2 aromatic heterocycles. The highest BCUT2D eigenvalue weighted by Crippen LogP contribution is 2.33. The zero-order chi connectivity index (χ0) is 13.1. The topological polar surface area (TPSA) is 63.6 Å². The van der Waals surface area contributed by atoms with Crippen LogP contribution in [0.1, 0.15) is 11.4 Å². The second-order valence-electron chi connectivity index (χ2n) is 3.63. The molecule has 0 aliphatic heterocycles. The van der Waals surface area contributed by atoms with Gasteiger partial charge in [0.05, 0.1) is 4.47 Å². The minimum Gasteiger partial charge on any atom is -0.372 e. The molecule has 2 aromatic rings. The Morgan fingerprint density at radius 3 is 2.44 bits per heavy atom. The minimum absolute atomic E-state index is 0.689. The molecule has 5 nitrogen and oxygen atoms in total. The van der Waals surface area contributed by atoms with Crippen LogP contribution < -0.4 is 5.32 Å². The van der Waals surface area contributed by atoms with Crippen molar-refractivity contribution in [3.63, 3.8) is 0 Å². The van der Waals surface area contributed by atoms with Gasteiger partial charge in [0.2, 0.25) is 0 Å². The molecular formula is C11H12BrN5S. The van der Waals surface area contributed by atoms with Crippen molar-refractivity contribution < 1.29 is 0 Å². The average Bonchev–Trinajstić information content (AvgIpc) is 2.30. The van der Waals surface area contributed by atoms with E-state index in [1.807, 2.05) is 27.0 Å². The van der Waals surface area contributed by atoms with E-state index in [2.05, 4.69) is 41.2 Å². The Morgan fingerprint density at radius 2 is 1.83 bits per heavy atom. The molecule has 0 aliphatic carbocycles. The highest BCUT2D eigenvalue weighted by molar-refractivity contribution is 9.10. The summed E-state index contributed by atoms with van der Waals surface area (Å²) in [4.78, 5) is 17.1. The second-order valence-corrected chi connectivity index (χ2v) is 5.38. The monoisotopic (exact) mass is 325 g/mol. The van der Waals surface area contributed by atoms with Gasteiger partial charge in [-0.1, -0.05) is 0 Å². The van der Waals surface area contributed by atoms with Crippen molar-refractivity contribution in [3.8, 4) is 0 Å². The smallest absolute Gasteiger partial charge is 0.194 e. The van der Waals surface area contributed by atoms with Crippen molar-refractivity contribution >= 4 is 33.5 Å². The molecule has 0 saturated heterocycles. The Hall–Kier alpha value is -1.21. The van der Waals surface area contributed by atoms with Gasteiger partial charge in [0.25, 0.3) is 0 Å². The summed E-state index contributed by atoms with van der Waals surface area (Å²) in [5, 5.41) is 4.47. The van der Waals surface area contributed by atoms with Crippen molar-refractivity contribution in [1.82, 2.24) is 19.9 Å². The Bertz CT molecular complexity index is 555. The van der Waals surface area contributed by atoms with Gasteiger partial charge in [0.1, 0.15) is 17.2 Å². The van der Waals surface area contributed by atoms with Gasteiger partial charge in [-0.25, -0.2) is 19.9 Å². The van der Waals surface area contributed by atoms with E-state index in [9.17, 15) is 0 Å². The number of rotatable bonds is 3. The van der Waals surface area contributed by atoms with Crippen LogP contribution in [0.15, 0.2) is 27.0 Å². The van der Waals surface area contributed by atoms with Crippen molar-refractivity contribution in [1.29, 1.82) is 0 Å². The Morgan fingerprint density at radius 1 is 1.17 bits per heavy atom. The van der Waals surface area contributed by atoms with E-state index in [1.54, 1.807) is 0 Å². The van der Waals surface area contributed by atoms with E-state index in [1.165, 1.54) is 18.1 Å². The van der Waals surface area contributed by atoms with Crippen LogP contribution >= 0.6 is 27.7 Å². The lowest BCUT2D eigenvalue weighted by Crippen LogP contribution is -1.98. The molecular weight excluding hydrogens is 314 g/mol. The van der Waals surface area contributed by atoms with Gasteiger partial charge in [-0.05, 0) is 47.6 Å². The van der Waals surface area contributed by atoms with E-state index >= 15 is 0 Å². The fourth-order valence-corrected chi connectivity index (χ4v) is 2.91. The molecule has 0 unspecified atom stereocenters. The van der Waals surface area contributed by atoms with Gasteiger partial charge in [0, 0.05) is 18.4 Å².